The summed E-state index contributed by atoms with van der Waals surface area (Å²) in [5.41, 5.74) is 4.46. The molecule has 0 heterocycles. The highest BCUT2D eigenvalue weighted by Gasteiger charge is 2.22. The molecule has 0 aliphatic carbocycles. The van der Waals surface area contributed by atoms with Crippen LogP contribution in [0.15, 0.2) is 53.5 Å². The predicted octanol–water partition coefficient (Wildman–Crippen LogP) is 7.16. The summed E-state index contributed by atoms with van der Waals surface area (Å²) >= 11 is 0. The van der Waals surface area contributed by atoms with E-state index in [1.54, 1.807) is 14.1 Å². The number of hydrogen-bond acceptors (Lipinski definition) is 4. The van der Waals surface area contributed by atoms with Crippen LogP contribution in [0.4, 0.5) is 4.79 Å². The number of ether oxygens (including phenoxy) is 1. The second-order valence-electron chi connectivity index (χ2n) is 10.4. The molecule has 2 aromatic carbocycles. The second-order valence-corrected chi connectivity index (χ2v) is 10.4. The number of carbonyl (C=O) groups excluding carboxylic acids is 1. The van der Waals surface area contributed by atoms with Crippen molar-refractivity contribution in [3.8, 4) is 0 Å². The lowest BCUT2D eigenvalue weighted by atomic mass is 9.92. The smallest absolute Gasteiger partial charge is 0.410 e. The molecule has 1 atom stereocenters. The van der Waals surface area contributed by atoms with Gasteiger partial charge in [-0.1, -0.05) is 69.2 Å². The van der Waals surface area contributed by atoms with Crippen molar-refractivity contribution in [1.82, 2.24) is 4.90 Å². The van der Waals surface area contributed by atoms with Crippen LogP contribution in [0.25, 0.3) is 0 Å². The molecular formula is C31H46N2O4. The lowest BCUT2D eigenvalue weighted by Gasteiger charge is -2.25. The molecule has 0 aliphatic heterocycles. The lowest BCUT2D eigenvalue weighted by Crippen LogP contribution is -2.35. The van der Waals surface area contributed by atoms with Gasteiger partial charge < -0.3 is 14.7 Å². The summed E-state index contributed by atoms with van der Waals surface area (Å²) in [5.74, 6) is -1.36. The summed E-state index contributed by atoms with van der Waals surface area (Å²) in [7, 11) is 3.44. The number of rotatable bonds is 10. The van der Waals surface area contributed by atoms with Crippen LogP contribution in [-0.4, -0.2) is 54.0 Å². The van der Waals surface area contributed by atoms with Gasteiger partial charge in [0, 0.05) is 31.8 Å². The normalized spacial score (nSPS) is 12.3. The number of unbranched alkanes of at least 4 members (excludes halogenated alkanes) is 1. The highest BCUT2D eigenvalue weighted by molar-refractivity contribution is 6.13. The number of amides is 1. The van der Waals surface area contributed by atoms with Gasteiger partial charge in [0.1, 0.15) is 5.60 Å². The molecule has 1 N–H and O–H groups in total. The van der Waals surface area contributed by atoms with Gasteiger partial charge in [-0.3, -0.25) is 9.79 Å². The molecule has 0 saturated heterocycles. The molecule has 2 aromatic rings. The van der Waals surface area contributed by atoms with Crippen LogP contribution in [0.3, 0.4) is 0 Å². The van der Waals surface area contributed by atoms with E-state index in [9.17, 15) is 14.7 Å². The summed E-state index contributed by atoms with van der Waals surface area (Å²) in [6, 6.07) is 16.0. The summed E-state index contributed by atoms with van der Waals surface area (Å²) in [6.45, 7) is 12.3. The van der Waals surface area contributed by atoms with Crippen LogP contribution in [-0.2, 0) is 16.0 Å². The molecule has 0 aliphatic rings. The Hall–Kier alpha value is -3.15. The van der Waals surface area contributed by atoms with Crippen LogP contribution >= 0.6 is 0 Å². The number of carboxylic acids is 1. The van der Waals surface area contributed by atoms with E-state index < -0.39 is 23.6 Å². The maximum absolute atomic E-state index is 12.1. The molecule has 2 rings (SSSR count). The van der Waals surface area contributed by atoms with E-state index in [1.165, 1.54) is 17.7 Å². The molecule has 1 amide bonds. The number of benzene rings is 2. The van der Waals surface area contributed by atoms with E-state index in [0.29, 0.717) is 25.8 Å². The summed E-state index contributed by atoms with van der Waals surface area (Å²) in [4.78, 5) is 30.0. The Balaban J connectivity index is 0.00000159. The number of hydrogen-bond donors (Lipinski definition) is 1. The van der Waals surface area contributed by atoms with Crippen molar-refractivity contribution < 1.29 is 19.4 Å². The number of nitrogens with zero attached hydrogens (tertiary/aromatic N) is 2. The lowest BCUT2D eigenvalue weighted by molar-refractivity contribution is -0.142. The number of aliphatic carboxylic acids is 1. The molecule has 1 unspecified atom stereocenters. The largest absolute Gasteiger partial charge is 0.481 e. The van der Waals surface area contributed by atoms with Gasteiger partial charge in [0.25, 0.3) is 0 Å². The molecular weight excluding hydrogens is 464 g/mol. The summed E-state index contributed by atoms with van der Waals surface area (Å²) in [6.07, 6.45) is 3.71. The fraction of sp³-hybridized carbons (Fsp3) is 0.516. The van der Waals surface area contributed by atoms with E-state index in [-0.39, 0.29) is 0 Å². The molecule has 0 saturated carbocycles. The van der Waals surface area contributed by atoms with E-state index in [0.717, 1.165) is 28.0 Å². The first-order valence-electron chi connectivity index (χ1n) is 13.2. The van der Waals surface area contributed by atoms with E-state index >= 15 is 0 Å². The van der Waals surface area contributed by atoms with Crippen LogP contribution < -0.4 is 0 Å². The third-order valence-corrected chi connectivity index (χ3v) is 5.91. The number of carboxylic acid groups (broad SMARTS) is 1. The second kappa shape index (κ2) is 15.9. The van der Waals surface area contributed by atoms with E-state index in [2.05, 4.69) is 31.8 Å². The monoisotopic (exact) mass is 510 g/mol. The average Bonchev–Trinajstić information content (AvgIpc) is 2.84. The van der Waals surface area contributed by atoms with Gasteiger partial charge >= 0.3 is 12.1 Å². The quantitative estimate of drug-likeness (QED) is 0.344. The maximum Gasteiger partial charge on any atom is 0.410 e. The Labute approximate surface area is 223 Å². The molecule has 0 bridgehead atoms. The van der Waals surface area contributed by atoms with Crippen molar-refractivity contribution >= 4 is 17.8 Å². The van der Waals surface area contributed by atoms with Gasteiger partial charge in [-0.25, -0.2) is 4.79 Å². The SMILES string of the molecule is CCCC.CN=C(c1cccc(CC(CCCN(C)C(=O)OC(C)(C)C)C(=O)O)c1)c1ccccc1C. The third-order valence-electron chi connectivity index (χ3n) is 5.91. The van der Waals surface area contributed by atoms with Crippen LogP contribution in [0.5, 0.6) is 0 Å². The standard InChI is InChI=1S/C27H36N2O4.C4H10/c1-19-11-7-8-15-23(19)24(28-5)21-13-9-12-20(17-21)18-22(25(30)31)14-10-16-29(6)26(32)33-27(2,3)4;1-3-4-2/h7-9,11-13,15,17,22H,10,14,16,18H2,1-6H3,(H,30,31);3-4H2,1-2H3. The Morgan fingerprint density at radius 3 is 2.24 bits per heavy atom. The number of aryl methyl sites for hydroxylation is 1. The van der Waals surface area contributed by atoms with Crippen molar-refractivity contribution in [3.05, 3.63) is 70.8 Å². The van der Waals surface area contributed by atoms with Gasteiger partial charge in [0.2, 0.25) is 0 Å². The fourth-order valence-electron chi connectivity index (χ4n) is 3.69. The van der Waals surface area contributed by atoms with Crippen molar-refractivity contribution in [2.24, 2.45) is 10.9 Å². The minimum atomic E-state index is -0.830. The van der Waals surface area contributed by atoms with Crippen molar-refractivity contribution in [3.63, 3.8) is 0 Å². The van der Waals surface area contributed by atoms with Crippen molar-refractivity contribution in [2.75, 3.05) is 20.6 Å². The zero-order valence-electron chi connectivity index (χ0n) is 24.0. The topological polar surface area (TPSA) is 79.2 Å². The molecule has 37 heavy (non-hydrogen) atoms. The molecule has 204 valence electrons. The Kier molecular flexibility index (Phi) is 13.7. The predicted molar refractivity (Wildman–Crippen MR) is 153 cm³/mol. The first-order chi connectivity index (χ1) is 17.4. The minimum absolute atomic E-state index is 0.398. The van der Waals surface area contributed by atoms with Crippen LogP contribution in [0.2, 0.25) is 0 Å². The van der Waals surface area contributed by atoms with E-state index in [4.69, 9.17) is 4.74 Å². The molecule has 6 heteroatoms. The summed E-state index contributed by atoms with van der Waals surface area (Å²) < 4.78 is 5.35. The van der Waals surface area contributed by atoms with Crippen LogP contribution in [0, 0.1) is 12.8 Å². The van der Waals surface area contributed by atoms with Crippen molar-refractivity contribution in [2.45, 2.75) is 79.2 Å². The maximum atomic E-state index is 12.1. The first-order valence-corrected chi connectivity index (χ1v) is 13.2. The van der Waals surface area contributed by atoms with Crippen molar-refractivity contribution in [1.29, 1.82) is 0 Å². The van der Waals surface area contributed by atoms with Gasteiger partial charge in [-0.2, -0.15) is 0 Å². The highest BCUT2D eigenvalue weighted by atomic mass is 16.6. The Morgan fingerprint density at radius 2 is 1.70 bits per heavy atom. The Morgan fingerprint density at radius 1 is 1.05 bits per heavy atom. The number of carbonyl (C=O) groups is 2. The van der Waals surface area contributed by atoms with Gasteiger partial charge in [-0.15, -0.1) is 0 Å². The third kappa shape index (κ3) is 11.6. The fourth-order valence-corrected chi connectivity index (χ4v) is 3.69. The van der Waals surface area contributed by atoms with Gasteiger partial charge in [-0.05, 0) is 64.2 Å². The van der Waals surface area contributed by atoms with Crippen LogP contribution in [0.1, 0.15) is 82.6 Å². The minimum Gasteiger partial charge on any atom is -0.481 e. The molecule has 0 fully saturated rings. The highest BCUT2D eigenvalue weighted by Crippen LogP contribution is 2.20. The zero-order chi connectivity index (χ0) is 28.0. The molecule has 0 radical (unpaired) electrons. The van der Waals surface area contributed by atoms with E-state index in [1.807, 2.05) is 63.2 Å². The Bertz CT molecular complexity index is 1020. The average molecular weight is 511 g/mol. The summed E-state index contributed by atoms with van der Waals surface area (Å²) in [5, 5.41) is 9.77. The molecule has 0 aromatic heterocycles. The first kappa shape index (κ1) is 31.9. The zero-order valence-corrected chi connectivity index (χ0v) is 24.0. The van der Waals surface area contributed by atoms with Gasteiger partial charge in [0.05, 0.1) is 11.6 Å². The van der Waals surface area contributed by atoms with Gasteiger partial charge in [0.15, 0.2) is 0 Å². The number of aliphatic imine (C=N–C) groups is 1. The molecule has 0 spiro atoms. The molecule has 6 nitrogen and oxygen atoms in total.